The van der Waals surface area contributed by atoms with Crippen LogP contribution in [0.1, 0.15) is 40.2 Å². The van der Waals surface area contributed by atoms with Gasteiger partial charge in [-0.15, -0.1) is 0 Å². The maximum atomic E-state index is 13.0. The summed E-state index contributed by atoms with van der Waals surface area (Å²) in [6.45, 7) is 2.87. The first-order valence-corrected chi connectivity index (χ1v) is 13.2. The Kier molecular flexibility index (Phi) is 8.08. The number of carbonyl (C=O) groups is 1. The van der Waals surface area contributed by atoms with Crippen LogP contribution in [0.2, 0.25) is 0 Å². The lowest BCUT2D eigenvalue weighted by Crippen LogP contribution is -2.44. The van der Waals surface area contributed by atoms with Gasteiger partial charge in [0.2, 0.25) is 0 Å². The number of nitrogens with one attached hydrogen (secondary N) is 1. The summed E-state index contributed by atoms with van der Waals surface area (Å²) in [5.74, 6) is 1.57. The second-order valence-electron chi connectivity index (χ2n) is 9.12. The molecular weight excluding hydrogens is 484 g/mol. The maximum absolute atomic E-state index is 13.0. The van der Waals surface area contributed by atoms with Gasteiger partial charge in [0.05, 0.1) is 7.11 Å². The predicted molar refractivity (Wildman–Crippen MR) is 144 cm³/mol. The lowest BCUT2D eigenvalue weighted by Gasteiger charge is -2.32. The zero-order chi connectivity index (χ0) is 25.5. The highest BCUT2D eigenvalue weighted by atomic mass is 32.1. The van der Waals surface area contributed by atoms with Crippen LogP contribution < -0.4 is 14.8 Å². The van der Waals surface area contributed by atoms with Crippen molar-refractivity contribution in [1.29, 1.82) is 0 Å². The quantitative estimate of drug-likeness (QED) is 0.326. The second-order valence-corrected chi connectivity index (χ2v) is 9.83. The molecule has 2 heterocycles. The summed E-state index contributed by atoms with van der Waals surface area (Å²) in [5, 5.41) is 3.62. The summed E-state index contributed by atoms with van der Waals surface area (Å²) in [5.41, 5.74) is 3.00. The molecule has 37 heavy (non-hydrogen) atoms. The molecule has 4 aromatic rings. The van der Waals surface area contributed by atoms with Crippen LogP contribution in [-0.2, 0) is 13.0 Å². The Morgan fingerprint density at radius 1 is 0.973 bits per heavy atom. The van der Waals surface area contributed by atoms with E-state index in [1.807, 2.05) is 36.4 Å². The Morgan fingerprint density at radius 2 is 1.68 bits per heavy atom. The van der Waals surface area contributed by atoms with Crippen LogP contribution in [0.15, 0.2) is 78.9 Å². The van der Waals surface area contributed by atoms with Crippen LogP contribution in [0.4, 0.5) is 0 Å². The third kappa shape index (κ3) is 6.72. The van der Waals surface area contributed by atoms with Crippen molar-refractivity contribution in [2.45, 2.75) is 31.8 Å². The van der Waals surface area contributed by atoms with E-state index in [1.54, 1.807) is 25.3 Å². The van der Waals surface area contributed by atoms with Gasteiger partial charge in [-0.2, -0.15) is 9.36 Å². The topological polar surface area (TPSA) is 76.6 Å². The van der Waals surface area contributed by atoms with E-state index in [0.717, 1.165) is 38.0 Å². The number of nitrogens with zero attached hydrogens (tertiary/aromatic N) is 3. The molecule has 1 fully saturated rings. The zero-order valence-electron chi connectivity index (χ0n) is 20.8. The number of methoxy groups -OCH3 is 1. The van der Waals surface area contributed by atoms with Crippen molar-refractivity contribution in [2.75, 3.05) is 20.2 Å². The molecule has 1 N–H and O–H groups in total. The van der Waals surface area contributed by atoms with Crippen LogP contribution in [0.3, 0.4) is 0 Å². The fraction of sp³-hybridized carbons (Fsp3) is 0.276. The second kappa shape index (κ2) is 12.0. The third-order valence-corrected chi connectivity index (χ3v) is 7.08. The first kappa shape index (κ1) is 24.9. The molecule has 0 bridgehead atoms. The van der Waals surface area contributed by atoms with E-state index < -0.39 is 0 Å². The number of piperidine rings is 1. The lowest BCUT2D eigenvalue weighted by molar-refractivity contribution is 0.0908. The predicted octanol–water partition coefficient (Wildman–Crippen LogP) is 5.32. The Morgan fingerprint density at radius 3 is 2.38 bits per heavy atom. The average Bonchev–Trinajstić information content (AvgIpc) is 3.37. The van der Waals surface area contributed by atoms with E-state index in [-0.39, 0.29) is 11.9 Å². The molecule has 0 radical (unpaired) electrons. The number of benzene rings is 3. The van der Waals surface area contributed by atoms with E-state index in [9.17, 15) is 4.79 Å². The first-order valence-electron chi connectivity index (χ1n) is 12.5. The van der Waals surface area contributed by atoms with Crippen LogP contribution >= 0.6 is 11.5 Å². The first-order chi connectivity index (χ1) is 18.2. The van der Waals surface area contributed by atoms with Gasteiger partial charge in [0.25, 0.3) is 11.1 Å². The van der Waals surface area contributed by atoms with Gasteiger partial charge in [0.1, 0.15) is 0 Å². The Labute approximate surface area is 221 Å². The summed E-state index contributed by atoms with van der Waals surface area (Å²) in [6.07, 6.45) is 2.50. The van der Waals surface area contributed by atoms with Crippen molar-refractivity contribution in [1.82, 2.24) is 19.6 Å². The Balaban J connectivity index is 1.15. The average molecular weight is 515 g/mol. The molecule has 0 aliphatic carbocycles. The van der Waals surface area contributed by atoms with Crippen molar-refractivity contribution in [3.05, 3.63) is 101 Å². The molecule has 1 aliphatic rings. The van der Waals surface area contributed by atoms with Gasteiger partial charge in [-0.1, -0.05) is 60.7 Å². The molecule has 0 unspecified atom stereocenters. The number of aromatic nitrogens is 2. The molecule has 8 heteroatoms. The molecule has 190 valence electrons. The van der Waals surface area contributed by atoms with E-state index in [2.05, 4.69) is 43.8 Å². The van der Waals surface area contributed by atoms with Crippen molar-refractivity contribution in [3.63, 3.8) is 0 Å². The van der Waals surface area contributed by atoms with Crippen LogP contribution in [0, 0.1) is 0 Å². The standard InChI is InChI=1S/C29H30N4O3S/c1-35-26-19-23(28(34)30-24-14-16-33(17-15-24)20-22-10-6-3-7-11-22)12-13-25(26)36-29-31-27(32-37-29)18-21-8-4-2-5-9-21/h2-13,19,24H,14-18,20H2,1H3,(H,30,34). The number of carbonyl (C=O) groups excluding carboxylic acids is 1. The highest BCUT2D eigenvalue weighted by molar-refractivity contribution is 7.07. The van der Waals surface area contributed by atoms with Gasteiger partial charge < -0.3 is 14.8 Å². The molecule has 1 saturated heterocycles. The normalized spacial score (nSPS) is 14.3. The Bertz CT molecular complexity index is 1310. The number of likely N-dealkylation sites (tertiary alicyclic amines) is 1. The summed E-state index contributed by atoms with van der Waals surface area (Å²) >= 11 is 1.19. The zero-order valence-corrected chi connectivity index (χ0v) is 21.6. The molecule has 1 aliphatic heterocycles. The van der Waals surface area contributed by atoms with Gasteiger partial charge in [0.15, 0.2) is 17.3 Å². The van der Waals surface area contributed by atoms with Gasteiger partial charge in [0, 0.05) is 49.2 Å². The fourth-order valence-electron chi connectivity index (χ4n) is 4.46. The molecule has 0 spiro atoms. The van der Waals surface area contributed by atoms with Crippen LogP contribution in [0.5, 0.6) is 16.7 Å². The summed E-state index contributed by atoms with van der Waals surface area (Å²) in [7, 11) is 1.56. The number of rotatable bonds is 9. The largest absolute Gasteiger partial charge is 0.493 e. The van der Waals surface area contributed by atoms with E-state index in [1.165, 1.54) is 17.1 Å². The van der Waals surface area contributed by atoms with Gasteiger partial charge in [-0.05, 0) is 42.2 Å². The number of hydrogen-bond acceptors (Lipinski definition) is 7. The minimum atomic E-state index is -0.104. The highest BCUT2D eigenvalue weighted by Crippen LogP contribution is 2.33. The SMILES string of the molecule is COc1cc(C(=O)NC2CCN(Cc3ccccc3)CC2)ccc1Oc1nc(Cc2ccccc2)ns1. The molecule has 1 amide bonds. The minimum absolute atomic E-state index is 0.104. The maximum Gasteiger partial charge on any atom is 0.298 e. The van der Waals surface area contributed by atoms with Crippen molar-refractivity contribution >= 4 is 17.4 Å². The summed E-state index contributed by atoms with van der Waals surface area (Å²) in [6, 6.07) is 25.9. The van der Waals surface area contributed by atoms with E-state index in [0.29, 0.717) is 34.5 Å². The summed E-state index contributed by atoms with van der Waals surface area (Å²) in [4.78, 5) is 19.9. The van der Waals surface area contributed by atoms with Crippen molar-refractivity contribution < 1.29 is 14.3 Å². The van der Waals surface area contributed by atoms with Crippen LogP contribution in [0.25, 0.3) is 0 Å². The number of ether oxygens (including phenoxy) is 2. The third-order valence-electron chi connectivity index (χ3n) is 6.45. The van der Waals surface area contributed by atoms with Gasteiger partial charge in [-0.3, -0.25) is 9.69 Å². The molecule has 5 rings (SSSR count). The molecule has 1 aromatic heterocycles. The van der Waals surface area contributed by atoms with E-state index >= 15 is 0 Å². The molecule has 0 atom stereocenters. The Hall–Kier alpha value is -3.75. The monoisotopic (exact) mass is 514 g/mol. The van der Waals surface area contributed by atoms with Crippen LogP contribution in [-0.4, -0.2) is 46.4 Å². The number of amides is 1. The molecule has 7 nitrogen and oxygen atoms in total. The molecule has 0 saturated carbocycles. The van der Waals surface area contributed by atoms with E-state index in [4.69, 9.17) is 9.47 Å². The van der Waals surface area contributed by atoms with Crippen molar-refractivity contribution in [2.24, 2.45) is 0 Å². The summed E-state index contributed by atoms with van der Waals surface area (Å²) < 4.78 is 15.9. The smallest absolute Gasteiger partial charge is 0.298 e. The highest BCUT2D eigenvalue weighted by Gasteiger charge is 2.22. The fourth-order valence-corrected chi connectivity index (χ4v) is 5.02. The lowest BCUT2D eigenvalue weighted by atomic mass is 10.0. The molecular formula is C29H30N4O3S. The molecule has 3 aromatic carbocycles. The van der Waals surface area contributed by atoms with Gasteiger partial charge in [-0.25, -0.2) is 0 Å². The van der Waals surface area contributed by atoms with Crippen molar-refractivity contribution in [3.8, 4) is 16.7 Å². The van der Waals surface area contributed by atoms with Gasteiger partial charge >= 0.3 is 0 Å². The number of hydrogen-bond donors (Lipinski definition) is 1. The minimum Gasteiger partial charge on any atom is -0.493 e.